The quantitative estimate of drug-likeness (QED) is 0.403. The molecule has 0 unspecified atom stereocenters. The Hall–Kier alpha value is -1.97. The molecule has 0 aromatic carbocycles. The fourth-order valence-electron chi connectivity index (χ4n) is 2.90. The first-order valence-corrected chi connectivity index (χ1v) is 10.2. The first kappa shape index (κ1) is 22.3. The van der Waals surface area contributed by atoms with Crippen molar-refractivity contribution in [1.29, 1.82) is 0 Å². The Kier molecular flexibility index (Phi) is 7.56. The van der Waals surface area contributed by atoms with Crippen LogP contribution in [0.1, 0.15) is 48.0 Å². The zero-order chi connectivity index (χ0) is 20.9. The van der Waals surface area contributed by atoms with E-state index in [-0.39, 0.29) is 6.61 Å². The highest BCUT2D eigenvalue weighted by Crippen LogP contribution is 2.40. The summed E-state index contributed by atoms with van der Waals surface area (Å²) in [6.07, 6.45) is 1.26. The largest absolute Gasteiger partial charge is 0.462 e. The number of nitrogens with zero attached hydrogens (tertiary/aromatic N) is 1. The van der Waals surface area contributed by atoms with Crippen LogP contribution in [0.4, 0.5) is 5.00 Å². The monoisotopic (exact) mass is 411 g/mol. The third kappa shape index (κ3) is 5.76. The summed E-state index contributed by atoms with van der Waals surface area (Å²) in [6.45, 7) is 7.41. The third-order valence-electron chi connectivity index (χ3n) is 4.27. The number of thiophene rings is 1. The standard InChI is InChI=1S/C19H29N3O5S/c1-6-26-18(25)14-12-10-19(2,3)27-11-13(12)28-17(14)21-16(24)15(23)20-8-7-9-22(4)5/h6-11H2,1-5H3,(H,20,23)(H,21,24). The Balaban J connectivity index is 2.14. The van der Waals surface area contributed by atoms with Crippen LogP contribution in [0.2, 0.25) is 0 Å². The van der Waals surface area contributed by atoms with E-state index in [2.05, 4.69) is 10.6 Å². The second-order valence-electron chi connectivity index (χ2n) is 7.52. The molecule has 2 rings (SSSR count). The Labute approximate surface area is 169 Å². The third-order valence-corrected chi connectivity index (χ3v) is 5.39. The van der Waals surface area contributed by atoms with Crippen molar-refractivity contribution in [3.8, 4) is 0 Å². The van der Waals surface area contributed by atoms with Crippen molar-refractivity contribution in [2.24, 2.45) is 0 Å². The maximum atomic E-state index is 12.5. The normalized spacial score (nSPS) is 15.1. The summed E-state index contributed by atoms with van der Waals surface area (Å²) in [5.41, 5.74) is 0.730. The van der Waals surface area contributed by atoms with Crippen LogP contribution in [0.5, 0.6) is 0 Å². The molecule has 0 bridgehead atoms. The molecule has 1 aliphatic rings. The number of esters is 1. The lowest BCUT2D eigenvalue weighted by molar-refractivity contribution is -0.136. The van der Waals surface area contributed by atoms with E-state index in [4.69, 9.17) is 9.47 Å². The van der Waals surface area contributed by atoms with Crippen molar-refractivity contribution in [2.75, 3.05) is 39.1 Å². The molecule has 0 radical (unpaired) electrons. The van der Waals surface area contributed by atoms with E-state index >= 15 is 0 Å². The van der Waals surface area contributed by atoms with Gasteiger partial charge in [0.25, 0.3) is 0 Å². The summed E-state index contributed by atoms with van der Waals surface area (Å²) in [5.74, 6) is -2.02. The van der Waals surface area contributed by atoms with Crippen LogP contribution in [0.3, 0.4) is 0 Å². The molecule has 0 aliphatic carbocycles. The zero-order valence-corrected chi connectivity index (χ0v) is 18.0. The Morgan fingerprint density at radius 1 is 1.25 bits per heavy atom. The van der Waals surface area contributed by atoms with E-state index in [0.717, 1.165) is 23.4 Å². The predicted molar refractivity (Wildman–Crippen MR) is 108 cm³/mol. The molecule has 0 saturated carbocycles. The van der Waals surface area contributed by atoms with Crippen molar-refractivity contribution in [2.45, 2.75) is 45.8 Å². The minimum absolute atomic E-state index is 0.225. The number of hydrogen-bond acceptors (Lipinski definition) is 7. The van der Waals surface area contributed by atoms with Crippen LogP contribution in [0.15, 0.2) is 0 Å². The van der Waals surface area contributed by atoms with Gasteiger partial charge in [-0.05, 0) is 53.4 Å². The van der Waals surface area contributed by atoms with Gasteiger partial charge in [0, 0.05) is 17.8 Å². The van der Waals surface area contributed by atoms with Gasteiger partial charge in [0.05, 0.1) is 24.4 Å². The number of anilines is 1. The van der Waals surface area contributed by atoms with E-state index in [0.29, 0.717) is 30.1 Å². The van der Waals surface area contributed by atoms with Crippen LogP contribution in [0.25, 0.3) is 0 Å². The number of hydrogen-bond donors (Lipinski definition) is 2. The molecule has 9 heteroatoms. The van der Waals surface area contributed by atoms with E-state index in [1.54, 1.807) is 6.92 Å². The zero-order valence-electron chi connectivity index (χ0n) is 17.1. The Morgan fingerprint density at radius 3 is 2.61 bits per heavy atom. The van der Waals surface area contributed by atoms with Crippen LogP contribution >= 0.6 is 11.3 Å². The van der Waals surface area contributed by atoms with Gasteiger partial charge in [-0.15, -0.1) is 11.3 Å². The molecule has 2 heterocycles. The molecule has 0 saturated heterocycles. The Morgan fingerprint density at radius 2 is 1.96 bits per heavy atom. The summed E-state index contributed by atoms with van der Waals surface area (Å²) in [7, 11) is 3.88. The molecule has 156 valence electrons. The first-order valence-electron chi connectivity index (χ1n) is 9.34. The van der Waals surface area contributed by atoms with Crippen LogP contribution in [-0.4, -0.2) is 62.1 Å². The van der Waals surface area contributed by atoms with Crippen molar-refractivity contribution in [1.82, 2.24) is 10.2 Å². The second kappa shape index (κ2) is 9.49. The lowest BCUT2D eigenvalue weighted by atomic mass is 9.93. The maximum Gasteiger partial charge on any atom is 0.341 e. The second-order valence-corrected chi connectivity index (χ2v) is 8.63. The number of carbonyl (C=O) groups is 3. The average molecular weight is 412 g/mol. The first-order chi connectivity index (χ1) is 13.1. The molecule has 1 aliphatic heterocycles. The smallest absolute Gasteiger partial charge is 0.341 e. The van der Waals surface area contributed by atoms with Crippen LogP contribution < -0.4 is 10.6 Å². The average Bonchev–Trinajstić information content (AvgIpc) is 2.94. The molecule has 1 aromatic heterocycles. The summed E-state index contributed by atoms with van der Waals surface area (Å²) in [5, 5.41) is 5.51. The number of rotatable bonds is 7. The van der Waals surface area contributed by atoms with E-state index in [1.807, 2.05) is 32.8 Å². The van der Waals surface area contributed by atoms with Crippen molar-refractivity contribution in [3.63, 3.8) is 0 Å². The number of fused-ring (bicyclic) bond motifs is 1. The molecule has 0 fully saturated rings. The Bertz CT molecular complexity index is 742. The lowest BCUT2D eigenvalue weighted by Gasteiger charge is -2.30. The maximum absolute atomic E-state index is 12.5. The number of ether oxygens (including phenoxy) is 2. The van der Waals surface area contributed by atoms with Crippen molar-refractivity contribution < 1.29 is 23.9 Å². The van der Waals surface area contributed by atoms with Gasteiger partial charge >= 0.3 is 17.8 Å². The fourth-order valence-corrected chi connectivity index (χ4v) is 4.01. The molecule has 28 heavy (non-hydrogen) atoms. The molecule has 0 spiro atoms. The predicted octanol–water partition coefficient (Wildman–Crippen LogP) is 1.78. The van der Waals surface area contributed by atoms with Crippen LogP contribution in [0, 0.1) is 0 Å². The lowest BCUT2D eigenvalue weighted by Crippen LogP contribution is -2.36. The summed E-state index contributed by atoms with van der Waals surface area (Å²) in [6, 6.07) is 0. The molecule has 2 N–H and O–H groups in total. The fraction of sp³-hybridized carbons (Fsp3) is 0.632. The molecular weight excluding hydrogens is 382 g/mol. The minimum atomic E-state index is -0.797. The topological polar surface area (TPSA) is 97.0 Å². The SMILES string of the molecule is CCOC(=O)c1c(NC(=O)C(=O)NCCCN(C)C)sc2c1CC(C)(C)OC2. The highest BCUT2D eigenvalue weighted by atomic mass is 32.1. The van der Waals surface area contributed by atoms with Gasteiger partial charge in [0.2, 0.25) is 0 Å². The summed E-state index contributed by atoms with van der Waals surface area (Å²) in [4.78, 5) is 39.8. The van der Waals surface area contributed by atoms with Gasteiger partial charge in [0.1, 0.15) is 5.00 Å². The molecule has 8 nitrogen and oxygen atoms in total. The molecular formula is C19H29N3O5S. The number of amides is 2. The van der Waals surface area contributed by atoms with Gasteiger partial charge in [0.15, 0.2) is 0 Å². The van der Waals surface area contributed by atoms with Gasteiger partial charge in [-0.1, -0.05) is 0 Å². The highest BCUT2D eigenvalue weighted by molar-refractivity contribution is 7.17. The summed E-state index contributed by atoms with van der Waals surface area (Å²) < 4.78 is 11.0. The van der Waals surface area contributed by atoms with Crippen molar-refractivity contribution in [3.05, 3.63) is 16.0 Å². The van der Waals surface area contributed by atoms with E-state index in [1.165, 1.54) is 11.3 Å². The van der Waals surface area contributed by atoms with E-state index < -0.39 is 23.4 Å². The van der Waals surface area contributed by atoms with Gasteiger partial charge < -0.3 is 25.0 Å². The minimum Gasteiger partial charge on any atom is -0.462 e. The molecule has 1 aromatic rings. The van der Waals surface area contributed by atoms with Crippen molar-refractivity contribution >= 4 is 34.1 Å². The van der Waals surface area contributed by atoms with Gasteiger partial charge in [-0.25, -0.2) is 4.79 Å². The van der Waals surface area contributed by atoms with Gasteiger partial charge in [-0.2, -0.15) is 0 Å². The summed E-state index contributed by atoms with van der Waals surface area (Å²) >= 11 is 1.25. The number of carbonyl (C=O) groups excluding carboxylic acids is 3. The molecule has 2 amide bonds. The van der Waals surface area contributed by atoms with Crippen LogP contribution in [-0.2, 0) is 32.1 Å². The molecule has 0 atom stereocenters. The van der Waals surface area contributed by atoms with Gasteiger partial charge in [-0.3, -0.25) is 9.59 Å². The van der Waals surface area contributed by atoms with E-state index in [9.17, 15) is 14.4 Å². The number of nitrogens with one attached hydrogen (secondary N) is 2. The highest BCUT2D eigenvalue weighted by Gasteiger charge is 2.34.